The number of hydrogen-bond donors (Lipinski definition) is 1. The first kappa shape index (κ1) is 26.2. The molecule has 1 aromatic carbocycles. The Morgan fingerprint density at radius 1 is 1.25 bits per heavy atom. The Balaban J connectivity index is 1.74. The summed E-state index contributed by atoms with van der Waals surface area (Å²) in [5, 5.41) is 8.90. The number of anilines is 2. The number of imide groups is 1. The molecule has 1 aromatic heterocycles. The first-order chi connectivity index (χ1) is 16.9. The van der Waals surface area contributed by atoms with Gasteiger partial charge in [0.15, 0.2) is 5.82 Å². The summed E-state index contributed by atoms with van der Waals surface area (Å²) < 4.78 is 28.5. The minimum Gasteiger partial charge on any atom is -0.365 e. The van der Waals surface area contributed by atoms with Crippen molar-refractivity contribution in [2.45, 2.75) is 45.2 Å². The molecule has 0 saturated heterocycles. The monoisotopic (exact) mass is 553 g/mol. The van der Waals surface area contributed by atoms with E-state index in [4.69, 9.17) is 27.4 Å². The highest BCUT2D eigenvalue weighted by atomic mass is 35.5. The van der Waals surface area contributed by atoms with Gasteiger partial charge in [-0.3, -0.25) is 4.79 Å². The number of aryl methyl sites for hydroxylation is 1. The number of nitrogens with zero attached hydrogens (tertiary/aromatic N) is 4. The van der Waals surface area contributed by atoms with E-state index in [1.165, 1.54) is 11.2 Å². The molecule has 2 atom stereocenters. The molecular weight excluding hydrogens is 529 g/mol. The van der Waals surface area contributed by atoms with Crippen LogP contribution in [0.5, 0.6) is 0 Å². The number of pyridine rings is 1. The van der Waals surface area contributed by atoms with Gasteiger partial charge in [0, 0.05) is 17.3 Å². The second kappa shape index (κ2) is 10.2. The number of benzene rings is 1. The summed E-state index contributed by atoms with van der Waals surface area (Å²) in [6.07, 6.45) is 4.11. The predicted octanol–water partition coefficient (Wildman–Crippen LogP) is 4.11. The van der Waals surface area contributed by atoms with Crippen LogP contribution in [0.4, 0.5) is 16.3 Å². The zero-order chi connectivity index (χ0) is 26.2. The van der Waals surface area contributed by atoms with Crippen molar-refractivity contribution in [3.63, 3.8) is 0 Å². The number of nitrogens with one attached hydrogen (secondary N) is 1. The highest BCUT2D eigenvalue weighted by Gasteiger charge is 2.43. The van der Waals surface area contributed by atoms with E-state index >= 15 is 0 Å². The van der Waals surface area contributed by atoms with Gasteiger partial charge in [0.05, 0.1) is 23.4 Å². The van der Waals surface area contributed by atoms with Gasteiger partial charge < -0.3 is 9.50 Å². The van der Waals surface area contributed by atoms with Crippen molar-refractivity contribution < 1.29 is 22.2 Å². The Labute approximate surface area is 219 Å². The smallest absolute Gasteiger partial charge is 0.329 e. The van der Waals surface area contributed by atoms with Gasteiger partial charge in [-0.1, -0.05) is 23.2 Å². The minimum atomic E-state index is -3.92. The molecule has 10 nitrogen and oxygen atoms in total. The Morgan fingerprint density at radius 3 is 2.58 bits per heavy atom. The molecule has 1 N–H and O–H groups in total. The first-order valence-electron chi connectivity index (χ1n) is 11.2. The van der Waals surface area contributed by atoms with Crippen molar-refractivity contribution in [1.29, 1.82) is 0 Å². The Morgan fingerprint density at radius 2 is 1.97 bits per heavy atom. The van der Waals surface area contributed by atoms with Crippen LogP contribution in [0.2, 0.25) is 10.0 Å². The van der Waals surface area contributed by atoms with Crippen LogP contribution in [0.1, 0.15) is 31.7 Å². The number of aromatic nitrogens is 1. The van der Waals surface area contributed by atoms with Crippen LogP contribution in [-0.2, 0) is 19.1 Å². The number of hydrogen-bond acceptors (Lipinski definition) is 8. The number of carbonyl (C=O) groups excluding carboxylic acids is 2. The highest BCUT2D eigenvalue weighted by molar-refractivity contribution is 7.86. The fourth-order valence-corrected chi connectivity index (χ4v) is 4.85. The topological polar surface area (TPSA) is 121 Å². The fourth-order valence-electron chi connectivity index (χ4n) is 3.96. The molecule has 2 heterocycles. The zero-order valence-electron chi connectivity index (χ0n) is 19.8. The Hall–Kier alpha value is -2.89. The predicted molar refractivity (Wildman–Crippen MR) is 138 cm³/mol. The van der Waals surface area contributed by atoms with Gasteiger partial charge in [-0.25, -0.2) is 19.7 Å². The molecule has 1 fully saturated rings. The third-order valence-electron chi connectivity index (χ3n) is 5.87. The van der Waals surface area contributed by atoms with E-state index in [0.717, 1.165) is 24.0 Å². The van der Waals surface area contributed by atoms with E-state index in [1.54, 1.807) is 37.3 Å². The molecule has 2 aliphatic rings. The molecular formula is C23H25Cl2N5O5S. The maximum Gasteiger partial charge on any atom is 0.329 e. The van der Waals surface area contributed by atoms with Crippen LogP contribution in [0.15, 0.2) is 41.6 Å². The van der Waals surface area contributed by atoms with Gasteiger partial charge >= 0.3 is 16.1 Å². The largest absolute Gasteiger partial charge is 0.365 e. The van der Waals surface area contributed by atoms with E-state index in [-0.39, 0.29) is 29.2 Å². The second-order valence-electron chi connectivity index (χ2n) is 8.83. The summed E-state index contributed by atoms with van der Waals surface area (Å²) in [5.74, 6) is -0.426. The summed E-state index contributed by atoms with van der Waals surface area (Å²) in [6.45, 7) is 3.62. The highest BCUT2D eigenvalue weighted by Crippen LogP contribution is 2.34. The van der Waals surface area contributed by atoms with Crippen molar-refractivity contribution in [1.82, 2.24) is 10.3 Å². The summed E-state index contributed by atoms with van der Waals surface area (Å²) in [5.41, 5.74) is 0.925. The molecule has 2 unspecified atom stereocenters. The summed E-state index contributed by atoms with van der Waals surface area (Å²) in [4.78, 5) is 32.7. The normalized spacial score (nSPS) is 18.4. The Bertz CT molecular complexity index is 1330. The molecule has 192 valence electrons. The van der Waals surface area contributed by atoms with Crippen molar-refractivity contribution in [2.24, 2.45) is 11.0 Å². The van der Waals surface area contributed by atoms with Crippen LogP contribution in [0.3, 0.4) is 0 Å². The average molecular weight is 554 g/mol. The number of urea groups is 1. The molecule has 0 radical (unpaired) electrons. The molecule has 1 saturated carbocycles. The number of hydrazone groups is 1. The minimum absolute atomic E-state index is 0.115. The fraction of sp³-hybridized carbons (Fsp3) is 0.391. The zero-order valence-corrected chi connectivity index (χ0v) is 22.1. The summed E-state index contributed by atoms with van der Waals surface area (Å²) in [7, 11) is -3.92. The standard InChI is InChI=1S/C23H25Cl2N5O5S/c1-13-11-16(24)8-9-18(13)29(23(32)27-14(2)15-6-7-15)22(31)19-12-20(35-36(3,33)34)28-30(19)21-17(25)5-4-10-26-21/h4-5,8-11,14-15,19H,6-7,12H2,1-3H3,(H,27,32). The summed E-state index contributed by atoms with van der Waals surface area (Å²) >= 11 is 12.4. The van der Waals surface area contributed by atoms with Gasteiger partial charge in [-0.15, -0.1) is 5.10 Å². The lowest BCUT2D eigenvalue weighted by Gasteiger charge is -2.30. The maximum atomic E-state index is 14.0. The first-order valence-corrected chi connectivity index (χ1v) is 13.8. The molecule has 13 heteroatoms. The van der Waals surface area contributed by atoms with Crippen LogP contribution >= 0.6 is 23.2 Å². The van der Waals surface area contributed by atoms with Crippen LogP contribution < -0.4 is 15.2 Å². The number of rotatable bonds is 6. The van der Waals surface area contributed by atoms with Crippen molar-refractivity contribution >= 4 is 62.7 Å². The van der Waals surface area contributed by atoms with Crippen LogP contribution in [-0.4, -0.2) is 49.6 Å². The number of halogens is 2. The third kappa shape index (κ3) is 5.91. The van der Waals surface area contributed by atoms with E-state index in [2.05, 4.69) is 15.4 Å². The van der Waals surface area contributed by atoms with Crippen molar-refractivity contribution in [3.05, 3.63) is 52.1 Å². The number of carbonyl (C=O) groups is 2. The van der Waals surface area contributed by atoms with Crippen LogP contribution in [0, 0.1) is 12.8 Å². The lowest BCUT2D eigenvalue weighted by atomic mass is 10.1. The molecule has 0 bridgehead atoms. The molecule has 1 aliphatic carbocycles. The van der Waals surface area contributed by atoms with Gasteiger partial charge in [-0.05, 0) is 68.5 Å². The van der Waals surface area contributed by atoms with Crippen LogP contribution in [0.25, 0.3) is 0 Å². The van der Waals surface area contributed by atoms with E-state index in [0.29, 0.717) is 22.2 Å². The summed E-state index contributed by atoms with van der Waals surface area (Å²) in [6, 6.07) is 6.06. The molecule has 2 aromatic rings. The molecule has 4 rings (SSSR count). The third-order valence-corrected chi connectivity index (χ3v) is 6.90. The second-order valence-corrected chi connectivity index (χ2v) is 11.3. The van der Waals surface area contributed by atoms with Gasteiger partial charge in [0.25, 0.3) is 5.91 Å². The SMILES string of the molecule is Cc1cc(Cl)ccc1N(C(=O)NC(C)C1CC1)C(=O)C1CC(OS(C)(=O)=O)=NN1c1ncccc1Cl. The quantitative estimate of drug-likeness (QED) is 0.534. The van der Waals surface area contributed by atoms with Gasteiger partial charge in [-0.2, -0.15) is 8.42 Å². The lowest BCUT2D eigenvalue weighted by molar-refractivity contribution is -0.119. The molecule has 36 heavy (non-hydrogen) atoms. The van der Waals surface area contributed by atoms with Crippen molar-refractivity contribution in [2.75, 3.05) is 16.2 Å². The Kier molecular flexibility index (Phi) is 7.44. The van der Waals surface area contributed by atoms with E-state index in [1.807, 2.05) is 6.92 Å². The molecule has 3 amide bonds. The maximum absolute atomic E-state index is 14.0. The average Bonchev–Trinajstić information content (AvgIpc) is 3.56. The van der Waals surface area contributed by atoms with E-state index in [9.17, 15) is 18.0 Å². The molecule has 1 aliphatic heterocycles. The van der Waals surface area contributed by atoms with Gasteiger partial charge in [0.1, 0.15) is 6.04 Å². The van der Waals surface area contributed by atoms with Crippen molar-refractivity contribution in [3.8, 4) is 0 Å². The lowest BCUT2D eigenvalue weighted by Crippen LogP contribution is -2.53. The molecule has 0 spiro atoms. The van der Waals surface area contributed by atoms with E-state index < -0.39 is 28.1 Å². The number of amides is 3. The van der Waals surface area contributed by atoms with Gasteiger partial charge in [0.2, 0.25) is 5.90 Å².